The summed E-state index contributed by atoms with van der Waals surface area (Å²) >= 11 is 6.21. The van der Waals surface area contributed by atoms with E-state index in [4.69, 9.17) is 32.1 Å². The fraction of sp³-hybridized carbons (Fsp3) is 0.333. The number of hydrogen-bond donors (Lipinski definition) is 3. The van der Waals surface area contributed by atoms with Crippen LogP contribution in [0.25, 0.3) is 0 Å². The minimum atomic E-state index is -1.01. The van der Waals surface area contributed by atoms with Gasteiger partial charge in [-0.2, -0.15) is 5.26 Å². The van der Waals surface area contributed by atoms with E-state index in [2.05, 4.69) is 50.9 Å². The Kier molecular flexibility index (Phi) is 7.46. The quantitative estimate of drug-likeness (QED) is 0.345. The van der Waals surface area contributed by atoms with Crippen LogP contribution >= 0.6 is 11.6 Å². The molecule has 9 heteroatoms. The third-order valence-electron chi connectivity index (χ3n) is 7.34. The van der Waals surface area contributed by atoms with E-state index in [9.17, 15) is 9.59 Å². The van der Waals surface area contributed by atoms with E-state index >= 15 is 0 Å². The molecular weight excluding hydrogens is 516 g/mol. The van der Waals surface area contributed by atoms with E-state index in [1.165, 1.54) is 6.20 Å². The molecule has 0 saturated heterocycles. The van der Waals surface area contributed by atoms with E-state index in [0.29, 0.717) is 39.6 Å². The van der Waals surface area contributed by atoms with Gasteiger partial charge < -0.3 is 25.5 Å². The maximum atomic E-state index is 13.5. The number of carbonyl (C=O) groups is 2. The van der Waals surface area contributed by atoms with Gasteiger partial charge in [0.2, 0.25) is 0 Å². The molecule has 200 valence electrons. The molecule has 0 radical (unpaired) electrons. The zero-order valence-corrected chi connectivity index (χ0v) is 22.9. The van der Waals surface area contributed by atoms with Crippen molar-refractivity contribution >= 4 is 29.7 Å². The second kappa shape index (κ2) is 10.5. The predicted molar refractivity (Wildman–Crippen MR) is 148 cm³/mol. The highest BCUT2D eigenvalue weighted by molar-refractivity contribution is 6.31. The Labute approximate surface area is 232 Å². The van der Waals surface area contributed by atoms with Crippen LogP contribution in [-0.4, -0.2) is 46.8 Å². The summed E-state index contributed by atoms with van der Waals surface area (Å²) in [7, 11) is 0. The largest absolute Gasteiger partial charge is 0.489 e. The first kappa shape index (κ1) is 27.8. The number of nitriles is 1. The second-order valence-corrected chi connectivity index (χ2v) is 11.3. The van der Waals surface area contributed by atoms with Crippen LogP contribution in [0.1, 0.15) is 54.7 Å². The minimum Gasteiger partial charge on any atom is -0.489 e. The number of hydrogen-bond acceptors (Lipinski definition) is 6. The lowest BCUT2D eigenvalue weighted by atomic mass is 9.49. The van der Waals surface area contributed by atoms with Crippen molar-refractivity contribution in [1.82, 2.24) is 10.2 Å². The number of benzene rings is 2. The first-order valence-electron chi connectivity index (χ1n) is 12.4. The smallest absolute Gasteiger partial charge is 0.322 e. The van der Waals surface area contributed by atoms with Crippen molar-refractivity contribution < 1.29 is 19.4 Å². The molecule has 1 aliphatic carbocycles. The molecule has 1 saturated carbocycles. The molecule has 0 unspecified atom stereocenters. The lowest BCUT2D eigenvalue weighted by Gasteiger charge is -2.65. The van der Waals surface area contributed by atoms with Crippen LogP contribution in [0.5, 0.6) is 5.75 Å². The molecule has 2 aromatic rings. The Morgan fingerprint density at radius 2 is 1.97 bits per heavy atom. The van der Waals surface area contributed by atoms with E-state index in [0.717, 1.165) is 11.8 Å². The molecule has 8 nitrogen and oxygen atoms in total. The van der Waals surface area contributed by atoms with Gasteiger partial charge in [-0.1, -0.05) is 51.1 Å². The maximum absolute atomic E-state index is 13.5. The normalized spacial score (nSPS) is 20.6. The molecule has 39 heavy (non-hydrogen) atoms. The summed E-state index contributed by atoms with van der Waals surface area (Å²) < 4.78 is 6.38. The number of nitrogens with zero attached hydrogens (tertiary/aromatic N) is 2. The third kappa shape index (κ3) is 5.21. The lowest BCUT2D eigenvalue weighted by Crippen LogP contribution is -2.74. The minimum absolute atomic E-state index is 0.0338. The summed E-state index contributed by atoms with van der Waals surface area (Å²) in [6.07, 6.45) is 2.24. The van der Waals surface area contributed by atoms with Crippen molar-refractivity contribution in [1.29, 1.82) is 10.7 Å². The number of carboxylic acid groups (broad SMARTS) is 1. The standard InChI is InChI=1S/C30H29ClN4O4/c1-29(2)27(30(3,4)28(29)39-22-9-8-20(14-33)24(31)12-22)35-17-21-11-18(7-10-23(21)26(35)38)5-6-19(13-32)15-34-16-25(36)37/h7-13,15,27-28,32,34H,16-17H2,1-4H3,(H,36,37)/b19-15-,32-13?/t27-,28-. The van der Waals surface area contributed by atoms with Crippen molar-refractivity contribution in [2.24, 2.45) is 10.8 Å². The van der Waals surface area contributed by atoms with Gasteiger partial charge >= 0.3 is 5.97 Å². The second-order valence-electron chi connectivity index (χ2n) is 10.9. The van der Waals surface area contributed by atoms with Crippen molar-refractivity contribution in [2.75, 3.05) is 6.54 Å². The fourth-order valence-corrected chi connectivity index (χ4v) is 6.36. The number of nitrogens with one attached hydrogen (secondary N) is 2. The number of carbonyl (C=O) groups excluding carboxylic acids is 1. The molecule has 2 aromatic carbocycles. The van der Waals surface area contributed by atoms with Gasteiger partial charge in [0, 0.05) is 53.0 Å². The van der Waals surface area contributed by atoms with Crippen molar-refractivity contribution in [3.63, 3.8) is 0 Å². The van der Waals surface area contributed by atoms with Crippen molar-refractivity contribution in [3.8, 4) is 23.7 Å². The average molecular weight is 545 g/mol. The van der Waals surface area contributed by atoms with Gasteiger partial charge in [0.05, 0.1) is 16.2 Å². The monoisotopic (exact) mass is 544 g/mol. The van der Waals surface area contributed by atoms with Gasteiger partial charge in [-0.05, 0) is 35.9 Å². The summed E-state index contributed by atoms with van der Waals surface area (Å²) in [6, 6.07) is 12.4. The molecule has 1 fully saturated rings. The first-order valence-corrected chi connectivity index (χ1v) is 12.8. The molecule has 3 N–H and O–H groups in total. The van der Waals surface area contributed by atoms with E-state index < -0.39 is 5.97 Å². The molecule has 1 amide bonds. The SMILES string of the molecule is CC1(C)[C@H](Oc2ccc(C#N)c(Cl)c2)C(C)(C)[C@H]1N1Cc2cc(C#C/C(C=N)=C/NCC(=O)O)ccc2C1=O. The van der Waals surface area contributed by atoms with Gasteiger partial charge in [0.15, 0.2) is 0 Å². The number of fused-ring (bicyclic) bond motifs is 1. The van der Waals surface area contributed by atoms with E-state index in [1.54, 1.807) is 30.3 Å². The molecule has 0 aromatic heterocycles. The Hall–Kier alpha value is -4.27. The molecule has 0 spiro atoms. The number of rotatable bonds is 7. The maximum Gasteiger partial charge on any atom is 0.322 e. The zero-order chi connectivity index (χ0) is 28.5. The predicted octanol–water partition coefficient (Wildman–Crippen LogP) is 4.61. The average Bonchev–Trinajstić information content (AvgIpc) is 3.18. The summed E-state index contributed by atoms with van der Waals surface area (Å²) in [5, 5.41) is 28.3. The van der Waals surface area contributed by atoms with Gasteiger partial charge in [-0.15, -0.1) is 0 Å². The molecule has 0 atom stereocenters. The zero-order valence-electron chi connectivity index (χ0n) is 22.1. The number of ether oxygens (including phenoxy) is 1. The highest BCUT2D eigenvalue weighted by atomic mass is 35.5. The number of aliphatic carboxylic acids is 1. The summed E-state index contributed by atoms with van der Waals surface area (Å²) in [5.41, 5.74) is 2.21. The Morgan fingerprint density at radius 3 is 2.59 bits per heavy atom. The summed E-state index contributed by atoms with van der Waals surface area (Å²) in [4.78, 5) is 26.1. The third-order valence-corrected chi connectivity index (χ3v) is 7.66. The first-order chi connectivity index (χ1) is 18.4. The number of halogens is 1. The summed E-state index contributed by atoms with van der Waals surface area (Å²) in [5.74, 6) is 5.39. The lowest BCUT2D eigenvalue weighted by molar-refractivity contribution is -0.199. The molecular formula is C30H29ClN4O4. The Morgan fingerprint density at radius 1 is 1.26 bits per heavy atom. The summed E-state index contributed by atoms with van der Waals surface area (Å²) in [6.45, 7) is 8.55. The Balaban J connectivity index is 1.52. The highest BCUT2D eigenvalue weighted by Crippen LogP contribution is 2.59. The van der Waals surface area contributed by atoms with Crippen LogP contribution in [-0.2, 0) is 11.3 Å². The number of amides is 1. The van der Waals surface area contributed by atoms with Gasteiger partial charge in [-0.25, -0.2) is 0 Å². The molecule has 4 rings (SSSR count). The topological polar surface area (TPSA) is 127 Å². The van der Waals surface area contributed by atoms with Crippen LogP contribution in [0.4, 0.5) is 0 Å². The van der Waals surface area contributed by atoms with Crippen LogP contribution < -0.4 is 10.1 Å². The van der Waals surface area contributed by atoms with Gasteiger partial charge in [0.1, 0.15) is 24.5 Å². The van der Waals surface area contributed by atoms with Crippen LogP contribution in [0, 0.1) is 39.4 Å². The molecule has 1 heterocycles. The van der Waals surface area contributed by atoms with Crippen molar-refractivity contribution in [3.05, 3.63) is 75.4 Å². The van der Waals surface area contributed by atoms with E-state index in [1.807, 2.05) is 11.0 Å². The highest BCUT2D eigenvalue weighted by Gasteiger charge is 2.66. The van der Waals surface area contributed by atoms with Crippen molar-refractivity contribution in [2.45, 2.75) is 46.4 Å². The van der Waals surface area contributed by atoms with Gasteiger partial charge in [0.25, 0.3) is 5.91 Å². The van der Waals surface area contributed by atoms with Crippen LogP contribution in [0.2, 0.25) is 5.02 Å². The number of carboxylic acids is 1. The molecule has 1 aliphatic heterocycles. The Bertz CT molecular complexity index is 1480. The fourth-order valence-electron chi connectivity index (χ4n) is 6.15. The van der Waals surface area contributed by atoms with Gasteiger partial charge in [-0.3, -0.25) is 9.59 Å². The molecule has 2 aliphatic rings. The molecule has 0 bridgehead atoms. The number of allylic oxidation sites excluding steroid dienone is 1. The van der Waals surface area contributed by atoms with Crippen LogP contribution in [0.3, 0.4) is 0 Å². The van der Waals surface area contributed by atoms with Crippen LogP contribution in [0.15, 0.2) is 48.2 Å². The van der Waals surface area contributed by atoms with E-state index in [-0.39, 0.29) is 35.4 Å².